The predicted molar refractivity (Wildman–Crippen MR) is 174 cm³/mol. The van der Waals surface area contributed by atoms with Crippen LogP contribution < -0.4 is 0 Å². The van der Waals surface area contributed by atoms with Crippen LogP contribution in [0.4, 0.5) is 13.6 Å². The van der Waals surface area contributed by atoms with Crippen LogP contribution in [0.1, 0.15) is 71.3 Å². The van der Waals surface area contributed by atoms with Crippen molar-refractivity contribution in [2.45, 2.75) is 77.4 Å². The molecule has 260 valence electrons. The molecule has 0 bridgehead atoms. The summed E-state index contributed by atoms with van der Waals surface area (Å²) in [4.78, 5) is 33.9. The lowest BCUT2D eigenvalue weighted by Crippen LogP contribution is -2.54. The molecule has 13 heteroatoms. The number of piperidine rings is 2. The second kappa shape index (κ2) is 15.7. The topological polar surface area (TPSA) is 93.7 Å². The smallest absolute Gasteiger partial charge is 0.410 e. The van der Waals surface area contributed by atoms with Crippen LogP contribution in [-0.4, -0.2) is 134 Å². The zero-order chi connectivity index (χ0) is 33.6. The van der Waals surface area contributed by atoms with Crippen LogP contribution in [0.5, 0.6) is 0 Å². The number of piperazine rings is 1. The highest BCUT2D eigenvalue weighted by Gasteiger charge is 2.33. The number of rotatable bonds is 10. The normalized spacial score (nSPS) is 20.9. The predicted octanol–water partition coefficient (Wildman–Crippen LogP) is 3.98. The van der Waals surface area contributed by atoms with Gasteiger partial charge in [-0.05, 0) is 95.9 Å². The number of halogens is 2. The highest BCUT2D eigenvalue weighted by atomic mass is 32.2. The van der Waals surface area contributed by atoms with Gasteiger partial charge >= 0.3 is 6.09 Å². The van der Waals surface area contributed by atoms with E-state index in [1.54, 1.807) is 4.90 Å². The van der Waals surface area contributed by atoms with Gasteiger partial charge in [0.05, 0.1) is 12.8 Å². The Hall–Kier alpha value is -2.35. The minimum Gasteiger partial charge on any atom is -0.444 e. The third-order valence-electron chi connectivity index (χ3n) is 9.65. The number of carbonyl (C=O) groups excluding carboxylic acids is 2. The zero-order valence-electron chi connectivity index (χ0n) is 28.2. The molecule has 0 radical (unpaired) electrons. The first-order valence-electron chi connectivity index (χ1n) is 16.8. The van der Waals surface area contributed by atoms with E-state index in [0.29, 0.717) is 70.8 Å². The minimum absolute atomic E-state index is 0.0749. The van der Waals surface area contributed by atoms with E-state index in [1.807, 2.05) is 32.6 Å². The van der Waals surface area contributed by atoms with E-state index in [-0.39, 0.29) is 29.9 Å². The van der Waals surface area contributed by atoms with Gasteiger partial charge in [0.1, 0.15) is 17.2 Å². The number of hydrogen-bond acceptors (Lipinski definition) is 7. The standard InChI is InChI=1S/C33H53F2N5O5S/c1-6-40(31(41)24-37-17-19-38(20-18-37)32(42)45-33(2,3)4)29-9-12-36(13-10-29)14-11-30(26-21-27(34)23-28(35)22-26)25-7-15-39(16-8-25)46(5,43)44/h21-23,25,29-30H,6-20,24H2,1-5H3. The van der Waals surface area contributed by atoms with Gasteiger partial charge in [0, 0.05) is 71.0 Å². The molecule has 0 aliphatic carbocycles. The summed E-state index contributed by atoms with van der Waals surface area (Å²) in [5.74, 6) is -1.02. The Morgan fingerprint density at radius 2 is 1.50 bits per heavy atom. The number of hydrogen-bond donors (Lipinski definition) is 0. The lowest BCUT2D eigenvalue weighted by molar-refractivity contribution is -0.135. The molecule has 4 rings (SSSR count). The number of benzene rings is 1. The van der Waals surface area contributed by atoms with Crippen molar-refractivity contribution in [1.29, 1.82) is 0 Å². The number of likely N-dealkylation sites (tertiary alicyclic amines) is 1. The molecule has 0 aromatic heterocycles. The van der Waals surface area contributed by atoms with Gasteiger partial charge in [-0.2, -0.15) is 0 Å². The van der Waals surface area contributed by atoms with E-state index in [0.717, 1.165) is 45.0 Å². The highest BCUT2D eigenvalue weighted by molar-refractivity contribution is 7.88. The first-order chi connectivity index (χ1) is 21.6. The van der Waals surface area contributed by atoms with Gasteiger partial charge in [-0.3, -0.25) is 9.69 Å². The van der Waals surface area contributed by atoms with Crippen LogP contribution in [0.2, 0.25) is 0 Å². The van der Waals surface area contributed by atoms with E-state index >= 15 is 0 Å². The third kappa shape index (κ3) is 10.3. The number of sulfonamides is 1. The Morgan fingerprint density at radius 3 is 2.02 bits per heavy atom. The summed E-state index contributed by atoms with van der Waals surface area (Å²) in [6.45, 7) is 14.1. The average molecular weight is 670 g/mol. The molecule has 1 unspecified atom stereocenters. The molecule has 3 saturated heterocycles. The molecule has 1 aromatic rings. The molecular formula is C33H53F2N5O5S. The van der Waals surface area contributed by atoms with Crippen molar-refractivity contribution < 1.29 is 31.5 Å². The molecular weight excluding hydrogens is 616 g/mol. The second-order valence-electron chi connectivity index (χ2n) is 14.1. The number of ether oxygens (including phenoxy) is 1. The van der Waals surface area contributed by atoms with Crippen LogP contribution in [0.3, 0.4) is 0 Å². The third-order valence-corrected chi connectivity index (χ3v) is 11.0. The maximum atomic E-state index is 14.2. The maximum absolute atomic E-state index is 14.2. The summed E-state index contributed by atoms with van der Waals surface area (Å²) < 4.78 is 59.5. The molecule has 0 N–H and O–H groups in total. The van der Waals surface area contributed by atoms with E-state index in [9.17, 15) is 26.8 Å². The number of nitrogens with zero attached hydrogens (tertiary/aromatic N) is 5. The van der Waals surface area contributed by atoms with Crippen molar-refractivity contribution in [3.05, 3.63) is 35.4 Å². The summed E-state index contributed by atoms with van der Waals surface area (Å²) >= 11 is 0. The van der Waals surface area contributed by atoms with E-state index < -0.39 is 27.3 Å². The molecule has 1 aromatic carbocycles. The Labute approximate surface area is 274 Å². The first-order valence-corrected chi connectivity index (χ1v) is 18.6. The number of likely N-dealkylation sites (N-methyl/N-ethyl adjacent to an activating group) is 1. The quantitative estimate of drug-likeness (QED) is 0.372. The van der Waals surface area contributed by atoms with Crippen LogP contribution in [0, 0.1) is 17.6 Å². The Morgan fingerprint density at radius 1 is 0.913 bits per heavy atom. The molecule has 3 fully saturated rings. The Kier molecular flexibility index (Phi) is 12.5. The van der Waals surface area contributed by atoms with Crippen LogP contribution in [0.25, 0.3) is 0 Å². The monoisotopic (exact) mass is 669 g/mol. The zero-order valence-corrected chi connectivity index (χ0v) is 29.0. The fourth-order valence-electron chi connectivity index (χ4n) is 7.19. The summed E-state index contributed by atoms with van der Waals surface area (Å²) in [5, 5.41) is 0. The minimum atomic E-state index is -3.27. The average Bonchev–Trinajstić information content (AvgIpc) is 2.97. The second-order valence-corrected chi connectivity index (χ2v) is 16.1. The van der Waals surface area contributed by atoms with Gasteiger partial charge in [-0.1, -0.05) is 0 Å². The molecule has 2 amide bonds. The van der Waals surface area contributed by atoms with E-state index in [2.05, 4.69) is 9.80 Å². The summed E-state index contributed by atoms with van der Waals surface area (Å²) in [7, 11) is -3.27. The van der Waals surface area contributed by atoms with Crippen LogP contribution in [-0.2, 0) is 19.6 Å². The molecule has 3 aliphatic rings. The van der Waals surface area contributed by atoms with Crippen molar-refractivity contribution in [3.8, 4) is 0 Å². The summed E-state index contributed by atoms with van der Waals surface area (Å²) in [6.07, 6.45) is 4.66. The lowest BCUT2D eigenvalue weighted by atomic mass is 9.78. The molecule has 10 nitrogen and oxygen atoms in total. The van der Waals surface area contributed by atoms with Gasteiger partial charge in [-0.25, -0.2) is 26.3 Å². The molecule has 0 saturated carbocycles. The molecule has 3 aliphatic heterocycles. The Balaban J connectivity index is 1.27. The van der Waals surface area contributed by atoms with Gasteiger partial charge < -0.3 is 19.4 Å². The summed E-state index contributed by atoms with van der Waals surface area (Å²) in [6, 6.07) is 3.89. The van der Waals surface area contributed by atoms with Crippen LogP contribution in [0.15, 0.2) is 18.2 Å². The van der Waals surface area contributed by atoms with Crippen LogP contribution >= 0.6 is 0 Å². The largest absolute Gasteiger partial charge is 0.444 e. The Bertz CT molecular complexity index is 1270. The van der Waals surface area contributed by atoms with Gasteiger partial charge in [0.25, 0.3) is 0 Å². The SMILES string of the molecule is CCN(C(=O)CN1CCN(C(=O)OC(C)(C)C)CC1)C1CCN(CCC(c2cc(F)cc(F)c2)C2CCN(S(C)(=O)=O)CC2)CC1. The van der Waals surface area contributed by atoms with Gasteiger partial charge in [0.15, 0.2) is 0 Å². The van der Waals surface area contributed by atoms with Crippen molar-refractivity contribution in [1.82, 2.24) is 23.9 Å². The summed E-state index contributed by atoms with van der Waals surface area (Å²) in [5.41, 5.74) is 0.100. The first kappa shape index (κ1) is 36.5. The van der Waals surface area contributed by atoms with Crippen molar-refractivity contribution >= 4 is 22.0 Å². The van der Waals surface area contributed by atoms with Gasteiger partial charge in [0.2, 0.25) is 15.9 Å². The van der Waals surface area contributed by atoms with Crippen molar-refractivity contribution in [2.75, 3.05) is 78.2 Å². The molecule has 0 spiro atoms. The fourth-order valence-corrected chi connectivity index (χ4v) is 8.06. The maximum Gasteiger partial charge on any atom is 0.410 e. The fraction of sp³-hybridized carbons (Fsp3) is 0.758. The highest BCUT2D eigenvalue weighted by Crippen LogP contribution is 2.37. The van der Waals surface area contributed by atoms with E-state index in [1.165, 1.54) is 22.7 Å². The van der Waals surface area contributed by atoms with Crippen molar-refractivity contribution in [2.24, 2.45) is 5.92 Å². The van der Waals surface area contributed by atoms with Gasteiger partial charge in [-0.15, -0.1) is 0 Å². The molecule has 3 heterocycles. The van der Waals surface area contributed by atoms with E-state index in [4.69, 9.17) is 4.74 Å². The molecule has 46 heavy (non-hydrogen) atoms. The van der Waals surface area contributed by atoms with Crippen molar-refractivity contribution in [3.63, 3.8) is 0 Å². The number of carbonyl (C=O) groups is 2. The number of amides is 2. The lowest BCUT2D eigenvalue weighted by Gasteiger charge is -2.41. The molecule has 1 atom stereocenters.